The van der Waals surface area contributed by atoms with Crippen LogP contribution in [0.5, 0.6) is 0 Å². The first-order valence-corrected chi connectivity index (χ1v) is 12.9. The van der Waals surface area contributed by atoms with E-state index in [2.05, 4.69) is 25.0 Å². The minimum atomic E-state index is -5.20. The van der Waals surface area contributed by atoms with Crippen LogP contribution in [0.15, 0.2) is 30.3 Å². The molecule has 6 nitrogen and oxygen atoms in total. The second-order valence-electron chi connectivity index (χ2n) is 10.4. The highest BCUT2D eigenvalue weighted by Gasteiger charge is 2.42. The number of rotatable bonds is 8. The lowest BCUT2D eigenvalue weighted by atomic mass is 9.86. The maximum atomic E-state index is 15.0. The Hall–Kier alpha value is -2.35. The van der Waals surface area contributed by atoms with Gasteiger partial charge in [0.15, 0.2) is 0 Å². The van der Waals surface area contributed by atoms with Crippen LogP contribution in [0.25, 0.3) is 0 Å². The SMILES string of the molecule is [2H]C(C)(C)c1nnc(C)n1C1CC2CCC(C1)N2CCC(NC(=O)C1([2H])C([2H])([2H])C([2H])([2H])C(F)(F)C([2H])([2H])C1([2H])[2H])c1ccccc1. The molecule has 2 aromatic rings. The Balaban J connectivity index is 1.40. The van der Waals surface area contributed by atoms with Crippen LogP contribution in [0.4, 0.5) is 8.78 Å². The zero-order valence-corrected chi connectivity index (χ0v) is 21.4. The smallest absolute Gasteiger partial charge is 0.248 e. The number of amides is 1. The third-order valence-electron chi connectivity index (χ3n) is 7.64. The van der Waals surface area contributed by atoms with Crippen LogP contribution in [-0.4, -0.2) is 50.1 Å². The van der Waals surface area contributed by atoms with Crippen molar-refractivity contribution >= 4 is 5.91 Å². The predicted octanol–water partition coefficient (Wildman–Crippen LogP) is 5.95. The lowest BCUT2D eigenvalue weighted by Gasteiger charge is -2.40. The average Bonchev–Trinajstić information content (AvgIpc) is 3.48. The van der Waals surface area contributed by atoms with Crippen LogP contribution in [0, 0.1) is 12.8 Å². The van der Waals surface area contributed by atoms with Gasteiger partial charge in [0.05, 0.1) is 6.04 Å². The Labute approximate surface area is 233 Å². The molecule has 2 aliphatic heterocycles. The van der Waals surface area contributed by atoms with Crippen LogP contribution >= 0.6 is 0 Å². The van der Waals surface area contributed by atoms with E-state index in [4.69, 9.17) is 13.7 Å². The summed E-state index contributed by atoms with van der Waals surface area (Å²) >= 11 is 0. The van der Waals surface area contributed by atoms with Gasteiger partial charge in [-0.3, -0.25) is 9.69 Å². The number of hydrogen-bond donors (Lipinski definition) is 1. The Morgan fingerprint density at radius 1 is 1.16 bits per heavy atom. The van der Waals surface area contributed by atoms with E-state index in [1.165, 1.54) is 0 Å². The van der Waals surface area contributed by atoms with E-state index in [1.54, 1.807) is 44.2 Å². The maximum absolute atomic E-state index is 15.0. The Morgan fingerprint density at radius 2 is 1.81 bits per heavy atom. The summed E-state index contributed by atoms with van der Waals surface area (Å²) in [5, 5.41) is 11.0. The molecule has 2 saturated heterocycles. The summed E-state index contributed by atoms with van der Waals surface area (Å²) in [6.45, 7) is 5.85. The molecule has 1 saturated carbocycles. The maximum Gasteiger partial charge on any atom is 0.248 e. The molecule has 0 radical (unpaired) electrons. The number of carbonyl (C=O) groups excluding carboxylic acids is 1. The molecule has 3 fully saturated rings. The molecule has 37 heavy (non-hydrogen) atoms. The number of alkyl halides is 2. The van der Waals surface area contributed by atoms with Gasteiger partial charge in [-0.15, -0.1) is 10.2 Å². The fourth-order valence-corrected chi connectivity index (χ4v) is 5.94. The van der Waals surface area contributed by atoms with Crippen molar-refractivity contribution < 1.29 is 27.3 Å². The zero-order chi connectivity index (χ0) is 35.2. The lowest BCUT2D eigenvalue weighted by Crippen LogP contribution is -2.45. The van der Waals surface area contributed by atoms with Crippen LogP contribution < -0.4 is 5.32 Å². The number of aromatic nitrogens is 3. The zero-order valence-electron chi connectivity index (χ0n) is 31.4. The first-order chi connectivity index (χ1) is 21.4. The number of benzene rings is 1. The molecule has 2 bridgehead atoms. The Kier molecular flexibility index (Phi) is 4.84. The summed E-state index contributed by atoms with van der Waals surface area (Å²) < 4.78 is 114. The van der Waals surface area contributed by atoms with Gasteiger partial charge in [0.1, 0.15) is 11.6 Å². The molecule has 3 aliphatic rings. The topological polar surface area (TPSA) is 63.1 Å². The molecule has 1 aromatic carbocycles. The molecule has 8 heteroatoms. The largest absolute Gasteiger partial charge is 0.349 e. The number of halogens is 2. The number of nitrogens with zero attached hydrogens (tertiary/aromatic N) is 4. The summed E-state index contributed by atoms with van der Waals surface area (Å²) in [7, 11) is 0. The van der Waals surface area contributed by atoms with Crippen molar-refractivity contribution in [2.75, 3.05) is 6.54 Å². The van der Waals surface area contributed by atoms with E-state index in [0.717, 1.165) is 31.5 Å². The van der Waals surface area contributed by atoms with Crippen LogP contribution in [0.2, 0.25) is 0 Å². The third kappa shape index (κ3) is 5.74. The summed E-state index contributed by atoms with van der Waals surface area (Å²) in [6, 6.07) is 7.86. The van der Waals surface area contributed by atoms with Gasteiger partial charge in [-0.25, -0.2) is 8.78 Å². The highest BCUT2D eigenvalue weighted by molar-refractivity contribution is 5.79. The lowest BCUT2D eigenvalue weighted by molar-refractivity contribution is -0.130. The van der Waals surface area contributed by atoms with Gasteiger partial charge in [0.25, 0.3) is 0 Å². The van der Waals surface area contributed by atoms with Gasteiger partial charge in [-0.2, -0.15) is 0 Å². The average molecular weight is 524 g/mol. The van der Waals surface area contributed by atoms with Crippen molar-refractivity contribution in [3.05, 3.63) is 47.5 Å². The van der Waals surface area contributed by atoms with Crippen molar-refractivity contribution in [1.29, 1.82) is 0 Å². The molecule has 1 N–H and O–H groups in total. The quantitative estimate of drug-likeness (QED) is 0.464. The number of fused-ring (bicyclic) bond motifs is 2. The van der Waals surface area contributed by atoms with Crippen molar-refractivity contribution in [1.82, 2.24) is 25.0 Å². The van der Waals surface area contributed by atoms with E-state index < -0.39 is 55.2 Å². The van der Waals surface area contributed by atoms with Gasteiger partial charge in [-0.1, -0.05) is 44.2 Å². The van der Waals surface area contributed by atoms with Gasteiger partial charge < -0.3 is 9.88 Å². The third-order valence-corrected chi connectivity index (χ3v) is 7.64. The first kappa shape index (κ1) is 16.6. The number of nitrogens with one attached hydrogen (secondary N) is 1. The number of carbonyl (C=O) groups is 1. The Morgan fingerprint density at radius 3 is 2.43 bits per heavy atom. The Bertz CT molecular complexity index is 1460. The van der Waals surface area contributed by atoms with Crippen LogP contribution in [0.3, 0.4) is 0 Å². The normalized spacial score (nSPS) is 37.5. The van der Waals surface area contributed by atoms with E-state index in [9.17, 15) is 4.79 Å². The molecule has 1 aliphatic carbocycles. The van der Waals surface area contributed by atoms with Gasteiger partial charge in [0, 0.05) is 62.9 Å². The molecular formula is C29H41F2N5O. The van der Waals surface area contributed by atoms with Crippen molar-refractivity contribution in [3.63, 3.8) is 0 Å². The number of hydrogen-bond acceptors (Lipinski definition) is 4. The van der Waals surface area contributed by atoms with Crippen molar-refractivity contribution in [2.45, 2.75) is 114 Å². The summed E-state index contributed by atoms with van der Waals surface area (Å²) in [5.74, 6) is -10.5. The molecule has 3 unspecified atom stereocenters. The molecule has 202 valence electrons. The van der Waals surface area contributed by atoms with Gasteiger partial charge in [-0.05, 0) is 57.3 Å². The standard InChI is InChI=1S/C29H41F2N5O/c1-19(2)27-34-33-20(3)36(27)25-17-23-9-10-24(18-25)35(23)16-13-26(21-7-5-4-6-8-21)32-28(37)22-11-14-29(30,31)15-12-22/h4-8,19,22-26H,9-18H2,1-3H3,(H,32,37)/i11D2,12D2,14D2,15D2,19D,22D. The molecular weight excluding hydrogens is 472 g/mol. The van der Waals surface area contributed by atoms with E-state index >= 15 is 8.78 Å². The van der Waals surface area contributed by atoms with Crippen molar-refractivity contribution in [3.8, 4) is 0 Å². The van der Waals surface area contributed by atoms with Crippen LogP contribution in [0.1, 0.15) is 120 Å². The van der Waals surface area contributed by atoms with E-state index in [0.29, 0.717) is 17.9 Å². The van der Waals surface area contributed by atoms with Crippen molar-refractivity contribution in [2.24, 2.45) is 5.89 Å². The highest BCUT2D eigenvalue weighted by atomic mass is 19.3. The summed E-state index contributed by atoms with van der Waals surface area (Å²) in [5.41, 5.74) is 0.516. The molecule has 1 amide bonds. The second-order valence-corrected chi connectivity index (χ2v) is 10.4. The molecule has 1 aromatic heterocycles. The number of piperidine rings is 1. The molecule has 3 atom stereocenters. The second kappa shape index (κ2) is 10.8. The first-order valence-electron chi connectivity index (χ1n) is 17.9. The monoisotopic (exact) mass is 523 g/mol. The van der Waals surface area contributed by atoms with E-state index in [-0.39, 0.29) is 24.5 Å². The fraction of sp³-hybridized carbons (Fsp3) is 0.690. The minimum Gasteiger partial charge on any atom is -0.349 e. The van der Waals surface area contributed by atoms with Crippen LogP contribution in [-0.2, 0) is 4.79 Å². The van der Waals surface area contributed by atoms with Gasteiger partial charge >= 0.3 is 0 Å². The summed E-state index contributed by atoms with van der Waals surface area (Å²) in [4.78, 5) is 16.1. The predicted molar refractivity (Wildman–Crippen MR) is 139 cm³/mol. The molecule has 3 heterocycles. The number of aryl methyl sites for hydroxylation is 1. The van der Waals surface area contributed by atoms with E-state index in [1.807, 2.05) is 6.92 Å². The summed E-state index contributed by atoms with van der Waals surface area (Å²) in [6.07, 6.45) is -13.5. The molecule has 5 rings (SSSR count). The highest BCUT2D eigenvalue weighted by Crippen LogP contribution is 2.42. The minimum absolute atomic E-state index is 0.0880. The molecule has 0 spiro atoms. The fourth-order valence-electron chi connectivity index (χ4n) is 5.94. The van der Waals surface area contributed by atoms with Gasteiger partial charge in [0.2, 0.25) is 11.8 Å².